The van der Waals surface area contributed by atoms with Gasteiger partial charge in [-0.25, -0.2) is 4.98 Å². The monoisotopic (exact) mass is 263 g/mol. The molecule has 1 amide bonds. The lowest BCUT2D eigenvalue weighted by Gasteiger charge is -2.26. The molecule has 6 nitrogen and oxygen atoms in total. The molecule has 0 atom stereocenters. The van der Waals surface area contributed by atoms with E-state index in [1.54, 1.807) is 12.1 Å². The Morgan fingerprint density at radius 2 is 2.00 bits per heavy atom. The summed E-state index contributed by atoms with van der Waals surface area (Å²) in [6, 6.07) is 3.30. The van der Waals surface area contributed by atoms with E-state index >= 15 is 0 Å². The van der Waals surface area contributed by atoms with Gasteiger partial charge in [0.2, 0.25) is 0 Å². The molecule has 102 valence electrons. The van der Waals surface area contributed by atoms with Crippen molar-refractivity contribution in [3.05, 3.63) is 24.0 Å². The first kappa shape index (κ1) is 13.3. The second-order valence-corrected chi connectivity index (χ2v) is 4.80. The van der Waals surface area contributed by atoms with Gasteiger partial charge in [0.05, 0.1) is 11.6 Å². The van der Waals surface area contributed by atoms with Crippen molar-refractivity contribution < 1.29 is 14.7 Å². The number of pyridine rings is 1. The van der Waals surface area contributed by atoms with Gasteiger partial charge in [0.15, 0.2) is 5.69 Å². The number of amides is 1. The molecule has 0 aromatic carbocycles. The van der Waals surface area contributed by atoms with Crippen LogP contribution in [0.5, 0.6) is 0 Å². The molecule has 1 aliphatic rings. The van der Waals surface area contributed by atoms with Crippen molar-refractivity contribution in [2.75, 3.05) is 5.73 Å². The predicted molar refractivity (Wildman–Crippen MR) is 69.5 cm³/mol. The van der Waals surface area contributed by atoms with Gasteiger partial charge in [0, 0.05) is 12.2 Å². The lowest BCUT2D eigenvalue weighted by atomic mass is 9.86. The minimum absolute atomic E-state index is 0.00417. The summed E-state index contributed by atoms with van der Waals surface area (Å²) in [5.74, 6) is -1.33. The molecule has 2 rings (SSSR count). The summed E-state index contributed by atoms with van der Waals surface area (Å²) >= 11 is 0. The van der Waals surface area contributed by atoms with Crippen LogP contribution in [0.1, 0.15) is 36.2 Å². The fourth-order valence-corrected chi connectivity index (χ4v) is 2.35. The number of carboxylic acids is 1. The van der Waals surface area contributed by atoms with Gasteiger partial charge in [0.1, 0.15) is 0 Å². The van der Waals surface area contributed by atoms with Gasteiger partial charge in [-0.2, -0.15) is 0 Å². The zero-order valence-electron chi connectivity index (χ0n) is 10.5. The molecule has 6 heteroatoms. The molecule has 1 aliphatic carbocycles. The molecular weight excluding hydrogens is 246 g/mol. The lowest BCUT2D eigenvalue weighted by Crippen LogP contribution is -2.39. The predicted octanol–water partition coefficient (Wildman–Crippen LogP) is 1.04. The van der Waals surface area contributed by atoms with Crippen LogP contribution in [0.4, 0.5) is 5.69 Å². The van der Waals surface area contributed by atoms with Gasteiger partial charge in [0.25, 0.3) is 5.91 Å². The van der Waals surface area contributed by atoms with E-state index in [4.69, 9.17) is 10.8 Å². The van der Waals surface area contributed by atoms with Crippen molar-refractivity contribution in [1.82, 2.24) is 10.3 Å². The highest BCUT2D eigenvalue weighted by molar-refractivity contribution is 5.97. The second kappa shape index (κ2) is 5.69. The maximum atomic E-state index is 12.0. The van der Waals surface area contributed by atoms with Crippen LogP contribution in [0.3, 0.4) is 0 Å². The molecule has 1 heterocycles. The van der Waals surface area contributed by atoms with Crippen LogP contribution in [-0.2, 0) is 4.79 Å². The Balaban J connectivity index is 1.91. The Kier molecular flexibility index (Phi) is 3.99. The molecule has 1 aromatic rings. The number of nitrogen functional groups attached to an aromatic ring is 1. The number of nitrogens with two attached hydrogens (primary N) is 1. The van der Waals surface area contributed by atoms with Crippen LogP contribution < -0.4 is 11.1 Å². The molecule has 0 bridgehead atoms. The van der Waals surface area contributed by atoms with E-state index in [2.05, 4.69) is 10.3 Å². The number of carboxylic acid groups (broad SMARTS) is 1. The SMILES string of the molecule is Nc1cccnc1C(=O)NC1CCC(C(=O)O)CC1. The number of rotatable bonds is 3. The first-order valence-corrected chi connectivity index (χ1v) is 6.32. The topological polar surface area (TPSA) is 105 Å². The van der Waals surface area contributed by atoms with E-state index in [-0.39, 0.29) is 23.6 Å². The van der Waals surface area contributed by atoms with E-state index in [0.717, 1.165) is 0 Å². The molecule has 4 N–H and O–H groups in total. The quantitative estimate of drug-likeness (QED) is 0.755. The summed E-state index contributed by atoms with van der Waals surface area (Å²) < 4.78 is 0. The molecule has 0 spiro atoms. The van der Waals surface area contributed by atoms with Gasteiger partial charge in [-0.05, 0) is 37.8 Å². The number of carbonyl (C=O) groups excluding carboxylic acids is 1. The van der Waals surface area contributed by atoms with Crippen LogP contribution in [0.2, 0.25) is 0 Å². The maximum absolute atomic E-state index is 12.0. The number of hydrogen-bond donors (Lipinski definition) is 3. The zero-order chi connectivity index (χ0) is 13.8. The summed E-state index contributed by atoms with van der Waals surface area (Å²) in [6.45, 7) is 0. The lowest BCUT2D eigenvalue weighted by molar-refractivity contribution is -0.142. The van der Waals surface area contributed by atoms with E-state index in [0.29, 0.717) is 31.4 Å². The van der Waals surface area contributed by atoms with Crippen LogP contribution in [-0.4, -0.2) is 28.0 Å². The summed E-state index contributed by atoms with van der Waals surface area (Å²) in [5.41, 5.74) is 6.26. The second-order valence-electron chi connectivity index (χ2n) is 4.80. The molecule has 1 saturated carbocycles. The van der Waals surface area contributed by atoms with Crippen LogP contribution in [0, 0.1) is 5.92 Å². The Bertz CT molecular complexity index is 482. The number of aromatic nitrogens is 1. The Morgan fingerprint density at radius 1 is 1.32 bits per heavy atom. The summed E-state index contributed by atoms with van der Waals surface area (Å²) in [6.07, 6.45) is 4.06. The van der Waals surface area contributed by atoms with Crippen LogP contribution >= 0.6 is 0 Å². The Labute approximate surface area is 111 Å². The minimum Gasteiger partial charge on any atom is -0.481 e. The van der Waals surface area contributed by atoms with Crippen molar-refractivity contribution >= 4 is 17.6 Å². The molecule has 0 radical (unpaired) electrons. The van der Waals surface area contributed by atoms with Gasteiger partial charge in [-0.3, -0.25) is 9.59 Å². The van der Waals surface area contributed by atoms with Crippen LogP contribution in [0.25, 0.3) is 0 Å². The third kappa shape index (κ3) is 3.21. The highest BCUT2D eigenvalue weighted by Crippen LogP contribution is 2.24. The molecule has 0 saturated heterocycles. The van der Waals surface area contributed by atoms with Gasteiger partial charge < -0.3 is 16.2 Å². The highest BCUT2D eigenvalue weighted by atomic mass is 16.4. The first-order chi connectivity index (χ1) is 9.08. The number of anilines is 1. The Morgan fingerprint density at radius 3 is 2.58 bits per heavy atom. The molecule has 1 fully saturated rings. The van der Waals surface area contributed by atoms with Gasteiger partial charge in [-0.15, -0.1) is 0 Å². The Hall–Kier alpha value is -2.11. The first-order valence-electron chi connectivity index (χ1n) is 6.32. The zero-order valence-corrected chi connectivity index (χ0v) is 10.5. The van der Waals surface area contributed by atoms with E-state index in [9.17, 15) is 9.59 Å². The third-order valence-corrected chi connectivity index (χ3v) is 3.47. The number of aliphatic carboxylic acids is 1. The summed E-state index contributed by atoms with van der Waals surface area (Å²) in [7, 11) is 0. The summed E-state index contributed by atoms with van der Waals surface area (Å²) in [4.78, 5) is 26.8. The summed E-state index contributed by atoms with van der Waals surface area (Å²) in [5, 5.41) is 11.8. The number of nitrogens with one attached hydrogen (secondary N) is 1. The van der Waals surface area contributed by atoms with Gasteiger partial charge in [-0.1, -0.05) is 0 Å². The van der Waals surface area contributed by atoms with E-state index < -0.39 is 5.97 Å². The molecular formula is C13H17N3O3. The largest absolute Gasteiger partial charge is 0.481 e. The normalized spacial score (nSPS) is 22.7. The van der Waals surface area contributed by atoms with Crippen molar-refractivity contribution in [1.29, 1.82) is 0 Å². The molecule has 0 aliphatic heterocycles. The highest BCUT2D eigenvalue weighted by Gasteiger charge is 2.27. The van der Waals surface area contributed by atoms with E-state index in [1.807, 2.05) is 0 Å². The van der Waals surface area contributed by atoms with Crippen molar-refractivity contribution in [2.24, 2.45) is 5.92 Å². The molecule has 1 aromatic heterocycles. The van der Waals surface area contributed by atoms with E-state index in [1.165, 1.54) is 6.20 Å². The fourth-order valence-electron chi connectivity index (χ4n) is 2.35. The van der Waals surface area contributed by atoms with Crippen molar-refractivity contribution in [3.8, 4) is 0 Å². The third-order valence-electron chi connectivity index (χ3n) is 3.47. The van der Waals surface area contributed by atoms with Crippen molar-refractivity contribution in [3.63, 3.8) is 0 Å². The number of hydrogen-bond acceptors (Lipinski definition) is 4. The number of carbonyl (C=O) groups is 2. The standard InChI is InChI=1S/C13H17N3O3/c14-10-2-1-7-15-11(10)12(17)16-9-5-3-8(4-6-9)13(18)19/h1-2,7-9H,3-6,14H2,(H,16,17)(H,18,19). The maximum Gasteiger partial charge on any atom is 0.306 e. The smallest absolute Gasteiger partial charge is 0.306 e. The van der Waals surface area contributed by atoms with Crippen molar-refractivity contribution in [2.45, 2.75) is 31.7 Å². The average Bonchev–Trinajstić information content (AvgIpc) is 2.39. The minimum atomic E-state index is -0.751. The average molecular weight is 263 g/mol. The molecule has 0 unspecified atom stereocenters. The fraction of sp³-hybridized carbons (Fsp3) is 0.462. The number of nitrogens with zero attached hydrogens (tertiary/aromatic N) is 1. The van der Waals surface area contributed by atoms with Crippen LogP contribution in [0.15, 0.2) is 18.3 Å². The molecule has 19 heavy (non-hydrogen) atoms. The van der Waals surface area contributed by atoms with Gasteiger partial charge >= 0.3 is 5.97 Å².